The van der Waals surface area contributed by atoms with Gasteiger partial charge in [0, 0.05) is 5.56 Å². The second kappa shape index (κ2) is 9.45. The first-order valence-corrected chi connectivity index (χ1v) is 8.72. The molecule has 0 aromatic heterocycles. The van der Waals surface area contributed by atoms with Crippen molar-refractivity contribution in [2.24, 2.45) is 10.1 Å². The number of amides is 2. The highest BCUT2D eigenvalue weighted by atomic mass is 19.3. The predicted molar refractivity (Wildman–Crippen MR) is 105 cm³/mol. The number of hydrogen-bond acceptors (Lipinski definition) is 7. The number of aromatic hydroxyl groups is 1. The number of para-hydroxylation sites is 3. The summed E-state index contributed by atoms with van der Waals surface area (Å²) in [6.07, 6.45) is 1.02. The molecule has 1 aliphatic heterocycles. The fourth-order valence-corrected chi connectivity index (χ4v) is 2.55. The molecule has 0 unspecified atom stereocenters. The molecule has 0 spiro atoms. The second-order valence-corrected chi connectivity index (χ2v) is 6.04. The molecule has 9 nitrogen and oxygen atoms in total. The number of benzene rings is 2. The summed E-state index contributed by atoms with van der Waals surface area (Å²) in [6, 6.07) is 11.2. The number of carbonyl (C=O) groups excluding carboxylic acids is 2. The third-order valence-electron chi connectivity index (χ3n) is 3.90. The van der Waals surface area contributed by atoms with Crippen LogP contribution < -0.4 is 20.8 Å². The van der Waals surface area contributed by atoms with E-state index < -0.39 is 24.5 Å². The Bertz CT molecular complexity index is 996. The fourth-order valence-electron chi connectivity index (χ4n) is 2.55. The number of phenolic OH excluding ortho intramolecular Hbond substituents is 1. The van der Waals surface area contributed by atoms with Gasteiger partial charge in [-0.25, -0.2) is 10.4 Å². The van der Waals surface area contributed by atoms with E-state index in [1.165, 1.54) is 30.5 Å². The van der Waals surface area contributed by atoms with Crippen molar-refractivity contribution in [3.8, 4) is 11.5 Å². The predicted octanol–water partition coefficient (Wildman–Crippen LogP) is 1.80. The Morgan fingerprint density at radius 3 is 2.77 bits per heavy atom. The Labute approximate surface area is 169 Å². The van der Waals surface area contributed by atoms with Crippen molar-refractivity contribution in [2.45, 2.75) is 19.1 Å². The summed E-state index contributed by atoms with van der Waals surface area (Å²) in [7, 11) is 0. The third kappa shape index (κ3) is 5.50. The molecule has 30 heavy (non-hydrogen) atoms. The number of aliphatic imine (C=N–C) groups is 1. The van der Waals surface area contributed by atoms with Crippen LogP contribution in [0.1, 0.15) is 12.0 Å². The number of guanidine groups is 1. The van der Waals surface area contributed by atoms with Crippen LogP contribution in [-0.4, -0.2) is 41.7 Å². The van der Waals surface area contributed by atoms with Crippen molar-refractivity contribution in [1.82, 2.24) is 10.7 Å². The molecule has 0 fully saturated rings. The van der Waals surface area contributed by atoms with Crippen molar-refractivity contribution >= 4 is 29.7 Å². The molecule has 0 saturated heterocycles. The molecule has 156 valence electrons. The lowest BCUT2D eigenvalue weighted by Gasteiger charge is -2.12. The highest BCUT2D eigenvalue weighted by Crippen LogP contribution is 2.25. The Hall–Kier alpha value is -4.02. The molecule has 2 amide bonds. The number of ether oxygens (including phenoxy) is 1. The molecule has 3 rings (SSSR count). The minimum atomic E-state index is -3.04. The summed E-state index contributed by atoms with van der Waals surface area (Å²) in [5, 5.41) is 18.4. The van der Waals surface area contributed by atoms with Crippen molar-refractivity contribution in [3.05, 3.63) is 54.1 Å². The number of nitrogens with one attached hydrogen (secondary N) is 3. The molecular formula is C19H17F2N5O4. The fraction of sp³-hybridized carbons (Fsp3) is 0.158. The quantitative estimate of drug-likeness (QED) is 0.404. The van der Waals surface area contributed by atoms with Gasteiger partial charge in [0.25, 0.3) is 5.91 Å². The maximum atomic E-state index is 12.5. The van der Waals surface area contributed by atoms with Gasteiger partial charge in [0.1, 0.15) is 17.5 Å². The van der Waals surface area contributed by atoms with Gasteiger partial charge in [-0.3, -0.25) is 14.9 Å². The van der Waals surface area contributed by atoms with E-state index in [1.54, 1.807) is 24.3 Å². The number of phenols is 1. The molecule has 0 radical (unpaired) electrons. The van der Waals surface area contributed by atoms with Gasteiger partial charge in [0.2, 0.25) is 11.9 Å². The van der Waals surface area contributed by atoms with E-state index in [9.17, 15) is 23.5 Å². The maximum Gasteiger partial charge on any atom is 0.387 e. The number of hydrogen-bond donors (Lipinski definition) is 4. The first kappa shape index (κ1) is 20.7. The minimum absolute atomic E-state index is 0.0332. The lowest BCUT2D eigenvalue weighted by atomic mass is 10.2. The van der Waals surface area contributed by atoms with Crippen LogP contribution in [0.5, 0.6) is 11.5 Å². The van der Waals surface area contributed by atoms with Gasteiger partial charge in [0.05, 0.1) is 18.3 Å². The van der Waals surface area contributed by atoms with E-state index >= 15 is 0 Å². The summed E-state index contributed by atoms with van der Waals surface area (Å²) >= 11 is 0. The van der Waals surface area contributed by atoms with Crippen LogP contribution in [0.15, 0.2) is 58.6 Å². The van der Waals surface area contributed by atoms with Gasteiger partial charge in [-0.2, -0.15) is 13.9 Å². The molecule has 0 aliphatic carbocycles. The van der Waals surface area contributed by atoms with Gasteiger partial charge in [-0.15, -0.1) is 0 Å². The molecule has 1 heterocycles. The highest BCUT2D eigenvalue weighted by Gasteiger charge is 2.28. The van der Waals surface area contributed by atoms with Crippen LogP contribution in [0.2, 0.25) is 0 Å². The van der Waals surface area contributed by atoms with E-state index in [-0.39, 0.29) is 29.6 Å². The standard InChI is InChI=1S/C19H17F2N5O4/c20-18(21)30-15-8-4-2-6-12(15)23-16(28)9-13-17(29)25-19(24-13)26-22-10-11-5-1-3-7-14(11)27/h1-8,10,13,18,27H,9H2,(H,23,28)(H2,24,25,26,29)/b22-10-/t13-/m0/s1. The summed E-state index contributed by atoms with van der Waals surface area (Å²) in [5.74, 6) is -1.26. The number of nitrogens with zero attached hydrogens (tertiary/aromatic N) is 2. The van der Waals surface area contributed by atoms with E-state index in [2.05, 4.69) is 30.9 Å². The number of hydrazone groups is 1. The molecule has 2 aromatic carbocycles. The van der Waals surface area contributed by atoms with Crippen molar-refractivity contribution < 1.29 is 28.2 Å². The minimum Gasteiger partial charge on any atom is -0.507 e. The summed E-state index contributed by atoms with van der Waals surface area (Å²) in [5.41, 5.74) is 3.02. The largest absolute Gasteiger partial charge is 0.507 e. The smallest absolute Gasteiger partial charge is 0.387 e. The monoisotopic (exact) mass is 417 g/mol. The van der Waals surface area contributed by atoms with E-state index in [0.29, 0.717) is 5.56 Å². The van der Waals surface area contributed by atoms with E-state index in [4.69, 9.17) is 0 Å². The molecule has 1 aliphatic rings. The topological polar surface area (TPSA) is 124 Å². The van der Waals surface area contributed by atoms with Gasteiger partial charge >= 0.3 is 6.61 Å². The van der Waals surface area contributed by atoms with Gasteiger partial charge in [0.15, 0.2) is 0 Å². The molecule has 1 atom stereocenters. The average molecular weight is 417 g/mol. The number of carbonyl (C=O) groups is 2. The van der Waals surface area contributed by atoms with Gasteiger partial charge < -0.3 is 15.2 Å². The van der Waals surface area contributed by atoms with Crippen LogP contribution in [0.25, 0.3) is 0 Å². The summed E-state index contributed by atoms with van der Waals surface area (Å²) < 4.78 is 29.3. The highest BCUT2D eigenvalue weighted by molar-refractivity contribution is 6.07. The number of halogens is 2. The van der Waals surface area contributed by atoms with Crippen LogP contribution in [0.3, 0.4) is 0 Å². The second-order valence-electron chi connectivity index (χ2n) is 6.04. The molecule has 0 bridgehead atoms. The molecule has 4 N–H and O–H groups in total. The van der Waals surface area contributed by atoms with Crippen molar-refractivity contribution in [2.75, 3.05) is 5.32 Å². The third-order valence-corrected chi connectivity index (χ3v) is 3.90. The Morgan fingerprint density at radius 1 is 1.27 bits per heavy atom. The van der Waals surface area contributed by atoms with E-state index in [1.807, 2.05) is 0 Å². The number of anilines is 1. The van der Waals surface area contributed by atoms with Crippen LogP contribution in [0.4, 0.5) is 14.5 Å². The molecule has 2 aromatic rings. The first-order chi connectivity index (χ1) is 14.4. The van der Waals surface area contributed by atoms with Gasteiger partial charge in [-0.1, -0.05) is 24.3 Å². The van der Waals surface area contributed by atoms with Crippen LogP contribution in [-0.2, 0) is 9.59 Å². The zero-order valence-electron chi connectivity index (χ0n) is 15.4. The summed E-state index contributed by atoms with van der Waals surface area (Å²) in [4.78, 5) is 28.3. The molecular weight excluding hydrogens is 400 g/mol. The Morgan fingerprint density at radius 2 is 2.00 bits per heavy atom. The molecule has 0 saturated carbocycles. The van der Waals surface area contributed by atoms with Crippen LogP contribution >= 0.6 is 0 Å². The Kier molecular flexibility index (Phi) is 6.53. The molecule has 11 heteroatoms. The van der Waals surface area contributed by atoms with Crippen molar-refractivity contribution in [1.29, 1.82) is 0 Å². The summed E-state index contributed by atoms with van der Waals surface area (Å²) in [6.45, 7) is -3.04. The normalized spacial score (nSPS) is 15.8. The average Bonchev–Trinajstić information content (AvgIpc) is 3.03. The van der Waals surface area contributed by atoms with E-state index in [0.717, 1.165) is 0 Å². The first-order valence-electron chi connectivity index (χ1n) is 8.72. The lowest BCUT2D eigenvalue weighted by Crippen LogP contribution is -2.35. The number of alkyl halides is 2. The zero-order chi connectivity index (χ0) is 21.5. The SMILES string of the molecule is O=C(C[C@@H]1N=C(N/N=C\c2ccccc2O)NC1=O)Nc1ccccc1OC(F)F. The lowest BCUT2D eigenvalue weighted by molar-refractivity contribution is -0.123. The number of rotatable bonds is 7. The van der Waals surface area contributed by atoms with Gasteiger partial charge in [-0.05, 0) is 24.3 Å². The zero-order valence-corrected chi connectivity index (χ0v) is 15.4. The van der Waals surface area contributed by atoms with Crippen LogP contribution in [0, 0.1) is 0 Å². The Balaban J connectivity index is 1.58. The maximum absolute atomic E-state index is 12.5. The van der Waals surface area contributed by atoms with Crippen molar-refractivity contribution in [3.63, 3.8) is 0 Å².